The molecule has 1 heterocycles. The molecule has 1 saturated heterocycles. The van der Waals surface area contributed by atoms with Gasteiger partial charge in [0.15, 0.2) is 0 Å². The first-order chi connectivity index (χ1) is 16.5. The maximum Gasteiger partial charge on any atom is 0.128 e. The molecule has 0 spiro atoms. The van der Waals surface area contributed by atoms with Gasteiger partial charge < -0.3 is 15.4 Å². The number of benzene rings is 3. The van der Waals surface area contributed by atoms with Gasteiger partial charge in [-0.1, -0.05) is 42.5 Å². The van der Waals surface area contributed by atoms with Crippen LogP contribution in [-0.2, 0) is 6.54 Å². The molecule has 1 aliphatic heterocycles. The van der Waals surface area contributed by atoms with Gasteiger partial charge in [0.1, 0.15) is 17.7 Å². The summed E-state index contributed by atoms with van der Waals surface area (Å²) in [5.41, 5.74) is 12.4. The second-order valence-electron chi connectivity index (χ2n) is 9.14. The van der Waals surface area contributed by atoms with E-state index in [1.54, 1.807) is 12.1 Å². The van der Waals surface area contributed by atoms with Crippen LogP contribution in [0.2, 0.25) is 0 Å². The van der Waals surface area contributed by atoms with E-state index in [1.807, 2.05) is 30.3 Å². The van der Waals surface area contributed by atoms with E-state index in [1.165, 1.54) is 0 Å². The number of hydrogen-bond acceptors (Lipinski definition) is 3. The van der Waals surface area contributed by atoms with Gasteiger partial charge in [-0.25, -0.2) is 8.78 Å². The van der Waals surface area contributed by atoms with Crippen LogP contribution >= 0.6 is 0 Å². The SMILES string of the molecule is Cc1c(OCCCN2CCC(F)CC2)cccc1-c1cccc(-c2ccc(CN)c(F)c2)c1C. The summed E-state index contributed by atoms with van der Waals surface area (Å²) >= 11 is 0. The second kappa shape index (κ2) is 11.1. The standard InChI is InChI=1S/C29H34F2N2O/c1-20-25(22-10-11-23(19-32)28(31)18-22)6-3-7-26(20)27-8-4-9-29(21(27)2)34-17-5-14-33-15-12-24(30)13-16-33/h3-4,6-11,18,24H,5,12-17,19,32H2,1-2H3. The van der Waals surface area contributed by atoms with Crippen LogP contribution in [0.4, 0.5) is 8.78 Å². The fourth-order valence-corrected chi connectivity index (χ4v) is 4.78. The summed E-state index contributed by atoms with van der Waals surface area (Å²) in [6.07, 6.45) is 1.57. The van der Waals surface area contributed by atoms with E-state index in [9.17, 15) is 8.78 Å². The Morgan fingerprint density at radius 1 is 0.941 bits per heavy atom. The molecule has 0 bridgehead atoms. The van der Waals surface area contributed by atoms with E-state index >= 15 is 0 Å². The molecule has 3 aromatic rings. The summed E-state index contributed by atoms with van der Waals surface area (Å²) in [5.74, 6) is 0.605. The predicted molar refractivity (Wildman–Crippen MR) is 135 cm³/mol. The van der Waals surface area contributed by atoms with Gasteiger partial charge in [-0.3, -0.25) is 0 Å². The number of halogens is 2. The number of alkyl halides is 1. The topological polar surface area (TPSA) is 38.5 Å². The van der Waals surface area contributed by atoms with Crippen molar-refractivity contribution in [2.75, 3.05) is 26.2 Å². The minimum Gasteiger partial charge on any atom is -0.493 e. The van der Waals surface area contributed by atoms with Gasteiger partial charge in [-0.2, -0.15) is 0 Å². The van der Waals surface area contributed by atoms with Crippen LogP contribution < -0.4 is 10.5 Å². The monoisotopic (exact) mass is 464 g/mol. The van der Waals surface area contributed by atoms with E-state index in [0.29, 0.717) is 25.0 Å². The number of hydrogen-bond donors (Lipinski definition) is 1. The third-order valence-corrected chi connectivity index (χ3v) is 6.89. The summed E-state index contributed by atoms with van der Waals surface area (Å²) in [7, 11) is 0. The Morgan fingerprint density at radius 3 is 2.32 bits per heavy atom. The normalized spacial score (nSPS) is 15.0. The van der Waals surface area contributed by atoms with Gasteiger partial charge in [-0.05, 0) is 78.6 Å². The molecule has 34 heavy (non-hydrogen) atoms. The Kier molecular flexibility index (Phi) is 7.96. The van der Waals surface area contributed by atoms with Gasteiger partial charge >= 0.3 is 0 Å². The molecule has 5 heteroatoms. The lowest BCUT2D eigenvalue weighted by molar-refractivity contribution is 0.143. The number of piperidine rings is 1. The van der Waals surface area contributed by atoms with Crippen LogP contribution in [-0.4, -0.2) is 37.3 Å². The van der Waals surface area contributed by atoms with Crippen LogP contribution in [0, 0.1) is 19.7 Å². The van der Waals surface area contributed by atoms with Crippen molar-refractivity contribution in [1.82, 2.24) is 4.90 Å². The maximum absolute atomic E-state index is 14.4. The lowest BCUT2D eigenvalue weighted by Gasteiger charge is -2.28. The Labute approximate surface area is 201 Å². The molecule has 0 saturated carbocycles. The average Bonchev–Trinajstić information content (AvgIpc) is 2.84. The first-order valence-electron chi connectivity index (χ1n) is 12.2. The number of nitrogens with zero attached hydrogens (tertiary/aromatic N) is 1. The number of ether oxygens (including phenoxy) is 1. The molecule has 0 radical (unpaired) electrons. The van der Waals surface area contributed by atoms with Crippen molar-refractivity contribution in [2.45, 2.75) is 45.8 Å². The fourth-order valence-electron chi connectivity index (χ4n) is 4.78. The molecule has 0 unspecified atom stereocenters. The van der Waals surface area contributed by atoms with Crippen LogP contribution in [0.25, 0.3) is 22.3 Å². The van der Waals surface area contributed by atoms with Crippen molar-refractivity contribution in [1.29, 1.82) is 0 Å². The van der Waals surface area contributed by atoms with E-state index in [4.69, 9.17) is 10.5 Å². The van der Waals surface area contributed by atoms with E-state index in [-0.39, 0.29) is 12.4 Å². The highest BCUT2D eigenvalue weighted by atomic mass is 19.1. The Hall–Kier alpha value is -2.76. The lowest BCUT2D eigenvalue weighted by atomic mass is 9.90. The summed E-state index contributed by atoms with van der Waals surface area (Å²) < 4.78 is 33.8. The third-order valence-electron chi connectivity index (χ3n) is 6.89. The van der Waals surface area contributed by atoms with E-state index in [2.05, 4.69) is 30.9 Å². The zero-order valence-electron chi connectivity index (χ0n) is 20.1. The third kappa shape index (κ3) is 5.48. The molecule has 1 fully saturated rings. The second-order valence-corrected chi connectivity index (χ2v) is 9.14. The molecule has 2 N–H and O–H groups in total. The minimum absolute atomic E-state index is 0.188. The molecule has 0 aliphatic carbocycles. The summed E-state index contributed by atoms with van der Waals surface area (Å²) in [5, 5.41) is 0. The maximum atomic E-state index is 14.4. The zero-order valence-corrected chi connectivity index (χ0v) is 20.1. The van der Waals surface area contributed by atoms with E-state index < -0.39 is 6.17 Å². The van der Waals surface area contributed by atoms with Crippen molar-refractivity contribution in [3.63, 3.8) is 0 Å². The van der Waals surface area contributed by atoms with Gasteiger partial charge in [0.2, 0.25) is 0 Å². The van der Waals surface area contributed by atoms with E-state index in [0.717, 1.165) is 65.2 Å². The largest absolute Gasteiger partial charge is 0.493 e. The van der Waals surface area contributed by atoms with Crippen LogP contribution in [0.1, 0.15) is 36.0 Å². The lowest BCUT2D eigenvalue weighted by Crippen LogP contribution is -2.35. The highest BCUT2D eigenvalue weighted by Gasteiger charge is 2.18. The molecule has 1 aliphatic rings. The Balaban J connectivity index is 1.49. The van der Waals surface area contributed by atoms with Gasteiger partial charge in [0, 0.05) is 31.7 Å². The predicted octanol–water partition coefficient (Wildman–Crippen LogP) is 6.44. The van der Waals surface area contributed by atoms with Gasteiger partial charge in [0.05, 0.1) is 6.61 Å². The summed E-state index contributed by atoms with van der Waals surface area (Å²) in [4.78, 5) is 2.32. The van der Waals surface area contributed by atoms with Crippen LogP contribution in [0.5, 0.6) is 5.75 Å². The molecule has 180 valence electrons. The molecular formula is C29H34F2N2O. The zero-order chi connectivity index (χ0) is 24.1. The van der Waals surface area contributed by atoms with Crippen LogP contribution in [0.15, 0.2) is 54.6 Å². The Morgan fingerprint density at radius 2 is 1.62 bits per heavy atom. The molecule has 0 atom stereocenters. The van der Waals surface area contributed by atoms with Crippen LogP contribution in [0.3, 0.4) is 0 Å². The molecular weight excluding hydrogens is 430 g/mol. The molecule has 4 rings (SSSR count). The first-order valence-corrected chi connectivity index (χ1v) is 12.2. The van der Waals surface area contributed by atoms with Crippen molar-refractivity contribution in [3.05, 3.63) is 77.1 Å². The first kappa shape index (κ1) is 24.4. The van der Waals surface area contributed by atoms with Crippen molar-refractivity contribution in [3.8, 4) is 28.0 Å². The average molecular weight is 465 g/mol. The molecule has 3 aromatic carbocycles. The highest BCUT2D eigenvalue weighted by Crippen LogP contribution is 2.36. The van der Waals surface area contributed by atoms with Crippen molar-refractivity contribution in [2.24, 2.45) is 5.73 Å². The Bertz CT molecular complexity index is 1120. The number of rotatable bonds is 8. The summed E-state index contributed by atoms with van der Waals surface area (Å²) in [6, 6.07) is 17.5. The highest BCUT2D eigenvalue weighted by molar-refractivity contribution is 5.80. The van der Waals surface area contributed by atoms with Gasteiger partial charge in [-0.15, -0.1) is 0 Å². The minimum atomic E-state index is -0.635. The quantitative estimate of drug-likeness (QED) is 0.390. The fraction of sp³-hybridized carbons (Fsp3) is 0.379. The van der Waals surface area contributed by atoms with Gasteiger partial charge in [0.25, 0.3) is 0 Å². The number of likely N-dealkylation sites (tertiary alicyclic amines) is 1. The smallest absolute Gasteiger partial charge is 0.128 e. The molecule has 3 nitrogen and oxygen atoms in total. The van der Waals surface area contributed by atoms with Crippen molar-refractivity contribution >= 4 is 0 Å². The molecule has 0 amide bonds. The number of nitrogens with two attached hydrogens (primary N) is 1. The summed E-state index contributed by atoms with van der Waals surface area (Å²) in [6.45, 7) is 7.59. The van der Waals surface area contributed by atoms with Crippen molar-refractivity contribution < 1.29 is 13.5 Å². The molecule has 0 aromatic heterocycles.